The van der Waals surface area contributed by atoms with Crippen LogP contribution in [0.3, 0.4) is 0 Å². The smallest absolute Gasteiger partial charge is 0.348 e. The molecule has 0 unspecified atom stereocenters. The molecule has 0 radical (unpaired) electrons. The van der Waals surface area contributed by atoms with Crippen LogP contribution in [0.1, 0.15) is 35.6 Å². The molecular weight excluding hydrogens is 399 g/mol. The lowest BCUT2D eigenvalue weighted by molar-refractivity contribution is -0.388. The second-order valence-corrected chi connectivity index (χ2v) is 7.32. The molecule has 1 fully saturated rings. The molecule has 1 atom stereocenters. The van der Waals surface area contributed by atoms with Gasteiger partial charge in [-0.05, 0) is 43.1 Å². The zero-order valence-electron chi connectivity index (χ0n) is 16.2. The topological polar surface area (TPSA) is 75.5 Å². The molecule has 1 aliphatic heterocycles. The molecule has 9 heteroatoms. The average molecular weight is 421 g/mol. The Morgan fingerprint density at radius 3 is 2.40 bits per heavy atom. The summed E-state index contributed by atoms with van der Waals surface area (Å²) < 4.78 is 38.9. The van der Waals surface area contributed by atoms with Crippen LogP contribution in [-0.2, 0) is 17.4 Å². The summed E-state index contributed by atoms with van der Waals surface area (Å²) in [5, 5.41) is 14.0. The molecule has 0 spiro atoms. The van der Waals surface area contributed by atoms with E-state index >= 15 is 0 Å². The standard InChI is InChI=1S/C21H22F3N3O3/c22-21(23,24)17-9-8-15(12-19(17)27(29)30)13-20(28)25-18(14-26-10-4-5-11-26)16-6-2-1-3-7-16/h1-3,6-9,12,18H,4-5,10-11,13-14H2,(H,25,28)/t18-/m1/s1. The fourth-order valence-electron chi connectivity index (χ4n) is 3.65. The van der Waals surface area contributed by atoms with E-state index in [0.29, 0.717) is 12.6 Å². The van der Waals surface area contributed by atoms with Crippen molar-refractivity contribution in [3.63, 3.8) is 0 Å². The first-order valence-electron chi connectivity index (χ1n) is 9.65. The van der Waals surface area contributed by atoms with Crippen molar-refractivity contribution in [2.75, 3.05) is 19.6 Å². The van der Waals surface area contributed by atoms with Gasteiger partial charge in [-0.25, -0.2) is 0 Å². The summed E-state index contributed by atoms with van der Waals surface area (Å²) in [6, 6.07) is 11.7. The first-order chi connectivity index (χ1) is 14.2. The van der Waals surface area contributed by atoms with Gasteiger partial charge in [0.1, 0.15) is 5.56 Å². The molecule has 0 aliphatic carbocycles. The van der Waals surface area contributed by atoms with E-state index in [0.717, 1.165) is 43.6 Å². The fraction of sp³-hybridized carbons (Fsp3) is 0.381. The molecule has 0 aromatic heterocycles. The van der Waals surface area contributed by atoms with E-state index in [-0.39, 0.29) is 18.0 Å². The van der Waals surface area contributed by atoms with Gasteiger partial charge in [0.25, 0.3) is 5.69 Å². The molecule has 30 heavy (non-hydrogen) atoms. The second kappa shape index (κ2) is 9.25. The number of halogens is 3. The zero-order chi connectivity index (χ0) is 21.7. The molecule has 2 aromatic carbocycles. The Balaban J connectivity index is 1.75. The predicted molar refractivity (Wildman–Crippen MR) is 105 cm³/mol. The highest BCUT2D eigenvalue weighted by Crippen LogP contribution is 2.36. The fourth-order valence-corrected chi connectivity index (χ4v) is 3.65. The minimum Gasteiger partial charge on any atom is -0.348 e. The van der Waals surface area contributed by atoms with E-state index in [1.54, 1.807) is 0 Å². The SMILES string of the molecule is O=C(Cc1ccc(C(F)(F)F)c([N+](=O)[O-])c1)N[C@H](CN1CCCC1)c1ccccc1. The van der Waals surface area contributed by atoms with Crippen LogP contribution in [0.4, 0.5) is 18.9 Å². The molecule has 0 saturated carbocycles. The third-order valence-electron chi connectivity index (χ3n) is 5.11. The van der Waals surface area contributed by atoms with E-state index in [9.17, 15) is 28.1 Å². The van der Waals surface area contributed by atoms with Gasteiger partial charge >= 0.3 is 6.18 Å². The summed E-state index contributed by atoms with van der Waals surface area (Å²) in [5.74, 6) is -0.405. The Labute approximate surface area is 171 Å². The van der Waals surface area contributed by atoms with E-state index in [1.165, 1.54) is 0 Å². The van der Waals surface area contributed by atoms with Crippen molar-refractivity contribution >= 4 is 11.6 Å². The monoisotopic (exact) mass is 421 g/mol. The Bertz CT molecular complexity index is 897. The predicted octanol–water partition coefficient (Wildman–Crippen LogP) is 4.11. The third kappa shape index (κ3) is 5.56. The van der Waals surface area contributed by atoms with Crippen LogP contribution in [0, 0.1) is 10.1 Å². The van der Waals surface area contributed by atoms with Crippen molar-refractivity contribution in [2.45, 2.75) is 31.5 Å². The number of hydrogen-bond donors (Lipinski definition) is 1. The van der Waals surface area contributed by atoms with Crippen molar-refractivity contribution in [3.05, 3.63) is 75.3 Å². The Hall–Kier alpha value is -2.94. The molecule has 1 amide bonds. The number of hydrogen-bond acceptors (Lipinski definition) is 4. The van der Waals surface area contributed by atoms with Gasteiger partial charge in [-0.15, -0.1) is 0 Å². The van der Waals surface area contributed by atoms with Crippen LogP contribution >= 0.6 is 0 Å². The molecule has 160 valence electrons. The second-order valence-electron chi connectivity index (χ2n) is 7.32. The zero-order valence-corrected chi connectivity index (χ0v) is 16.2. The number of nitro benzene ring substituents is 1. The Morgan fingerprint density at radius 2 is 1.80 bits per heavy atom. The quantitative estimate of drug-likeness (QED) is 0.539. The van der Waals surface area contributed by atoms with Gasteiger partial charge in [0.05, 0.1) is 17.4 Å². The molecule has 1 heterocycles. The van der Waals surface area contributed by atoms with Crippen LogP contribution in [0.5, 0.6) is 0 Å². The van der Waals surface area contributed by atoms with Crippen molar-refractivity contribution in [1.82, 2.24) is 10.2 Å². The molecule has 2 aromatic rings. The summed E-state index contributed by atoms with van der Waals surface area (Å²) >= 11 is 0. The lowest BCUT2D eigenvalue weighted by atomic mass is 10.0. The summed E-state index contributed by atoms with van der Waals surface area (Å²) in [4.78, 5) is 24.8. The van der Waals surface area contributed by atoms with Gasteiger partial charge in [-0.1, -0.05) is 36.4 Å². The number of alkyl halides is 3. The minimum atomic E-state index is -4.84. The van der Waals surface area contributed by atoms with Gasteiger partial charge < -0.3 is 10.2 Å². The van der Waals surface area contributed by atoms with E-state index in [2.05, 4.69) is 10.2 Å². The minimum absolute atomic E-state index is 0.153. The van der Waals surface area contributed by atoms with E-state index in [4.69, 9.17) is 0 Å². The van der Waals surface area contributed by atoms with Crippen LogP contribution in [0.2, 0.25) is 0 Å². The summed E-state index contributed by atoms with van der Waals surface area (Å²) in [6.45, 7) is 2.53. The maximum absolute atomic E-state index is 13.0. The number of carbonyl (C=O) groups is 1. The maximum atomic E-state index is 13.0. The lowest BCUT2D eigenvalue weighted by Crippen LogP contribution is -2.37. The number of nitrogens with zero attached hydrogens (tertiary/aromatic N) is 2. The normalized spacial score (nSPS) is 15.7. The van der Waals surface area contributed by atoms with Crippen LogP contribution in [0.25, 0.3) is 0 Å². The van der Waals surface area contributed by atoms with Crippen LogP contribution < -0.4 is 5.32 Å². The van der Waals surface area contributed by atoms with Crippen LogP contribution in [-0.4, -0.2) is 35.4 Å². The van der Waals surface area contributed by atoms with Crippen molar-refractivity contribution in [3.8, 4) is 0 Å². The van der Waals surface area contributed by atoms with Gasteiger partial charge in [0.15, 0.2) is 0 Å². The van der Waals surface area contributed by atoms with E-state index in [1.807, 2.05) is 30.3 Å². The Kier molecular flexibility index (Phi) is 6.71. The molecule has 1 aliphatic rings. The number of amides is 1. The Morgan fingerprint density at radius 1 is 1.13 bits per heavy atom. The largest absolute Gasteiger partial charge is 0.422 e. The number of rotatable bonds is 7. The number of likely N-dealkylation sites (tertiary alicyclic amines) is 1. The van der Waals surface area contributed by atoms with Gasteiger partial charge in [-0.2, -0.15) is 13.2 Å². The highest BCUT2D eigenvalue weighted by Gasteiger charge is 2.38. The van der Waals surface area contributed by atoms with E-state index < -0.39 is 28.3 Å². The first-order valence-corrected chi connectivity index (χ1v) is 9.65. The van der Waals surface area contributed by atoms with Crippen LogP contribution in [0.15, 0.2) is 48.5 Å². The summed E-state index contributed by atoms with van der Waals surface area (Å²) in [6.07, 6.45) is -2.88. The molecule has 0 bridgehead atoms. The third-order valence-corrected chi connectivity index (χ3v) is 5.11. The lowest BCUT2D eigenvalue weighted by Gasteiger charge is -2.25. The van der Waals surface area contributed by atoms with Gasteiger partial charge in [-0.3, -0.25) is 14.9 Å². The maximum Gasteiger partial charge on any atom is 0.422 e. The van der Waals surface area contributed by atoms with Gasteiger partial charge in [0, 0.05) is 12.6 Å². The first kappa shape index (κ1) is 21.8. The molecule has 3 rings (SSSR count). The highest BCUT2D eigenvalue weighted by molar-refractivity contribution is 5.79. The molecule has 6 nitrogen and oxygen atoms in total. The van der Waals surface area contributed by atoms with Crippen molar-refractivity contribution in [1.29, 1.82) is 0 Å². The molecule has 1 saturated heterocycles. The number of nitro groups is 1. The van der Waals surface area contributed by atoms with Crippen molar-refractivity contribution < 1.29 is 22.9 Å². The van der Waals surface area contributed by atoms with Gasteiger partial charge in [0.2, 0.25) is 5.91 Å². The number of carbonyl (C=O) groups excluding carboxylic acids is 1. The number of nitrogens with one attached hydrogen (secondary N) is 1. The highest BCUT2D eigenvalue weighted by atomic mass is 19.4. The van der Waals surface area contributed by atoms with Crippen molar-refractivity contribution in [2.24, 2.45) is 0 Å². The molecular formula is C21H22F3N3O3. The summed E-state index contributed by atoms with van der Waals surface area (Å²) in [7, 11) is 0. The average Bonchev–Trinajstić information content (AvgIpc) is 3.20. The molecule has 1 N–H and O–H groups in total. The number of benzene rings is 2. The summed E-state index contributed by atoms with van der Waals surface area (Å²) in [5.41, 5.74) is -1.30.